The number of methoxy groups -OCH3 is 1. The van der Waals surface area contributed by atoms with Gasteiger partial charge in [0.05, 0.1) is 13.2 Å². The molecule has 1 aliphatic carbocycles. The number of thiazole rings is 1. The smallest absolute Gasteiger partial charge is 0.355 e. The van der Waals surface area contributed by atoms with Gasteiger partial charge in [-0.1, -0.05) is 0 Å². The number of carbonyl (C=O) groups excluding carboxylic acids is 1. The Hall–Kier alpha value is -1.67. The molecule has 0 atom stereocenters. The number of ether oxygens (including phenoxy) is 1. The predicted molar refractivity (Wildman–Crippen MR) is 72.9 cm³/mol. The van der Waals surface area contributed by atoms with Crippen LogP contribution in [0.3, 0.4) is 0 Å². The van der Waals surface area contributed by atoms with E-state index >= 15 is 0 Å². The highest BCUT2D eigenvalue weighted by Crippen LogP contribution is 2.26. The fourth-order valence-electron chi connectivity index (χ4n) is 1.77. The van der Waals surface area contributed by atoms with E-state index in [9.17, 15) is 9.59 Å². The minimum Gasteiger partial charge on any atom is -0.476 e. The van der Waals surface area contributed by atoms with E-state index < -0.39 is 5.97 Å². The van der Waals surface area contributed by atoms with Gasteiger partial charge in [0.2, 0.25) is 0 Å². The first-order valence-electron chi connectivity index (χ1n) is 6.33. The molecule has 110 valence electrons. The normalized spacial score (nSPS) is 14.1. The number of nitrogens with one attached hydrogen (secondary N) is 1. The lowest BCUT2D eigenvalue weighted by Gasteiger charge is -2.22. The van der Waals surface area contributed by atoms with E-state index in [1.54, 1.807) is 12.0 Å². The first-order valence-corrected chi connectivity index (χ1v) is 7.21. The number of hydrogen-bond donors (Lipinski definition) is 2. The van der Waals surface area contributed by atoms with Crippen LogP contribution in [0.1, 0.15) is 28.3 Å². The molecule has 1 aliphatic rings. The summed E-state index contributed by atoms with van der Waals surface area (Å²) < 4.78 is 5.00. The molecule has 0 spiro atoms. The van der Waals surface area contributed by atoms with Crippen molar-refractivity contribution in [3.8, 4) is 0 Å². The zero-order valence-electron chi connectivity index (χ0n) is 11.2. The molecule has 2 rings (SSSR count). The van der Waals surface area contributed by atoms with Gasteiger partial charge in [0.25, 0.3) is 0 Å². The van der Waals surface area contributed by atoms with Gasteiger partial charge in [0, 0.05) is 25.1 Å². The molecule has 0 aromatic carbocycles. The Bertz CT molecular complexity index is 487. The Morgan fingerprint density at radius 1 is 1.60 bits per heavy atom. The molecule has 1 fully saturated rings. The molecule has 7 nitrogen and oxygen atoms in total. The third kappa shape index (κ3) is 3.91. The largest absolute Gasteiger partial charge is 0.476 e. The van der Waals surface area contributed by atoms with Crippen molar-refractivity contribution in [2.24, 2.45) is 0 Å². The zero-order valence-corrected chi connectivity index (χ0v) is 12.0. The maximum Gasteiger partial charge on any atom is 0.355 e. The lowest BCUT2D eigenvalue weighted by atomic mass is 10.5. The molecule has 0 radical (unpaired) electrons. The zero-order chi connectivity index (χ0) is 14.5. The number of carboxylic acids is 1. The molecule has 20 heavy (non-hydrogen) atoms. The Balaban J connectivity index is 1.84. The molecule has 8 heteroatoms. The third-order valence-corrected chi connectivity index (χ3v) is 3.80. The summed E-state index contributed by atoms with van der Waals surface area (Å²) in [5.74, 6) is -1.06. The van der Waals surface area contributed by atoms with Crippen molar-refractivity contribution >= 4 is 23.3 Å². The molecule has 1 aromatic heterocycles. The van der Waals surface area contributed by atoms with E-state index in [0.717, 1.165) is 12.8 Å². The number of nitrogens with zero attached hydrogens (tertiary/aromatic N) is 2. The summed E-state index contributed by atoms with van der Waals surface area (Å²) in [5.41, 5.74) is 0.0117. The SMILES string of the molecule is COCCN(C(=O)NCc1nc(C(=O)O)cs1)C1CC1. The monoisotopic (exact) mass is 299 g/mol. The van der Waals surface area contributed by atoms with Crippen LogP contribution in [0.15, 0.2) is 5.38 Å². The molecule has 0 aliphatic heterocycles. The quantitative estimate of drug-likeness (QED) is 0.788. The highest BCUT2D eigenvalue weighted by atomic mass is 32.1. The molecular formula is C12H17N3O4S. The lowest BCUT2D eigenvalue weighted by Crippen LogP contribution is -2.42. The first kappa shape index (κ1) is 14.7. The van der Waals surface area contributed by atoms with Crippen LogP contribution >= 0.6 is 11.3 Å². The van der Waals surface area contributed by atoms with Gasteiger partial charge in [0.1, 0.15) is 5.01 Å². The number of urea groups is 1. The number of rotatable bonds is 7. The number of aromatic carboxylic acids is 1. The Morgan fingerprint density at radius 2 is 2.35 bits per heavy atom. The topological polar surface area (TPSA) is 91.8 Å². The summed E-state index contributed by atoms with van der Waals surface area (Å²) in [6, 6.07) is 0.146. The van der Waals surface area contributed by atoms with Gasteiger partial charge in [-0.15, -0.1) is 11.3 Å². The molecular weight excluding hydrogens is 282 g/mol. The molecule has 1 heterocycles. The van der Waals surface area contributed by atoms with Gasteiger partial charge < -0.3 is 20.1 Å². The predicted octanol–water partition coefficient (Wildman–Crippen LogP) is 1.16. The fourth-order valence-corrected chi connectivity index (χ4v) is 2.48. The summed E-state index contributed by atoms with van der Waals surface area (Å²) in [4.78, 5) is 28.5. The van der Waals surface area contributed by atoms with Crippen LogP contribution in [-0.4, -0.2) is 53.3 Å². The third-order valence-electron chi connectivity index (χ3n) is 2.95. The number of amides is 2. The van der Waals surface area contributed by atoms with Crippen molar-refractivity contribution in [1.29, 1.82) is 0 Å². The second-order valence-corrected chi connectivity index (χ2v) is 5.45. The van der Waals surface area contributed by atoms with Crippen LogP contribution in [0, 0.1) is 0 Å². The van der Waals surface area contributed by atoms with Gasteiger partial charge in [0.15, 0.2) is 5.69 Å². The van der Waals surface area contributed by atoms with Crippen LogP contribution in [0.4, 0.5) is 4.79 Å². The van der Waals surface area contributed by atoms with E-state index in [2.05, 4.69) is 10.3 Å². The Kier molecular flexibility index (Phi) is 4.91. The van der Waals surface area contributed by atoms with Crippen LogP contribution in [0.2, 0.25) is 0 Å². The maximum absolute atomic E-state index is 12.1. The molecule has 0 bridgehead atoms. The van der Waals surface area contributed by atoms with E-state index in [-0.39, 0.29) is 18.3 Å². The van der Waals surface area contributed by atoms with Gasteiger partial charge in [-0.25, -0.2) is 14.6 Å². The minimum absolute atomic E-state index is 0.0117. The average molecular weight is 299 g/mol. The second kappa shape index (κ2) is 6.67. The summed E-state index contributed by atoms with van der Waals surface area (Å²) >= 11 is 1.22. The lowest BCUT2D eigenvalue weighted by molar-refractivity contribution is 0.0691. The molecule has 2 N–H and O–H groups in total. The van der Waals surface area contributed by atoms with E-state index in [1.807, 2.05) is 0 Å². The van der Waals surface area contributed by atoms with Crippen LogP contribution in [-0.2, 0) is 11.3 Å². The number of hydrogen-bond acceptors (Lipinski definition) is 5. The van der Waals surface area contributed by atoms with E-state index in [1.165, 1.54) is 16.7 Å². The molecule has 2 amide bonds. The number of aromatic nitrogens is 1. The van der Waals surface area contributed by atoms with E-state index in [0.29, 0.717) is 24.2 Å². The van der Waals surface area contributed by atoms with Gasteiger partial charge in [-0.05, 0) is 12.8 Å². The van der Waals surface area contributed by atoms with Crippen molar-refractivity contribution in [2.45, 2.75) is 25.4 Å². The Labute approximate surface area is 120 Å². The molecule has 1 saturated carbocycles. The van der Waals surface area contributed by atoms with Gasteiger partial charge >= 0.3 is 12.0 Å². The first-order chi connectivity index (χ1) is 9.61. The van der Waals surface area contributed by atoms with Crippen molar-refractivity contribution < 1.29 is 19.4 Å². The van der Waals surface area contributed by atoms with E-state index in [4.69, 9.17) is 9.84 Å². The fraction of sp³-hybridized carbons (Fsp3) is 0.583. The van der Waals surface area contributed by atoms with Crippen molar-refractivity contribution in [1.82, 2.24) is 15.2 Å². The van der Waals surface area contributed by atoms with Gasteiger partial charge in [-0.2, -0.15) is 0 Å². The van der Waals surface area contributed by atoms with Crippen LogP contribution in [0.25, 0.3) is 0 Å². The van der Waals surface area contributed by atoms with Crippen molar-refractivity contribution in [3.05, 3.63) is 16.1 Å². The summed E-state index contributed by atoms with van der Waals surface area (Å²) in [7, 11) is 1.60. The number of carbonyl (C=O) groups is 2. The standard InChI is InChI=1S/C12H17N3O4S/c1-19-5-4-15(8-2-3-8)12(18)13-6-10-14-9(7-20-10)11(16)17/h7-8H,2-6H2,1H3,(H,13,18)(H,16,17). The average Bonchev–Trinajstić information content (AvgIpc) is 3.14. The highest BCUT2D eigenvalue weighted by molar-refractivity contribution is 7.09. The molecule has 0 saturated heterocycles. The minimum atomic E-state index is -1.06. The summed E-state index contributed by atoms with van der Waals surface area (Å²) in [6.45, 7) is 1.31. The maximum atomic E-state index is 12.1. The second-order valence-electron chi connectivity index (χ2n) is 4.51. The van der Waals surface area contributed by atoms with Crippen LogP contribution < -0.4 is 5.32 Å². The van der Waals surface area contributed by atoms with Crippen molar-refractivity contribution in [2.75, 3.05) is 20.3 Å². The van der Waals surface area contributed by atoms with Crippen LogP contribution in [0.5, 0.6) is 0 Å². The van der Waals surface area contributed by atoms with Crippen molar-refractivity contribution in [3.63, 3.8) is 0 Å². The number of carboxylic acid groups (broad SMARTS) is 1. The summed E-state index contributed by atoms with van der Waals surface area (Å²) in [6.07, 6.45) is 2.05. The van der Waals surface area contributed by atoms with Gasteiger partial charge in [-0.3, -0.25) is 0 Å². The summed E-state index contributed by atoms with van der Waals surface area (Å²) in [5, 5.41) is 13.6. The molecule has 0 unspecified atom stereocenters. The molecule has 1 aromatic rings. The Morgan fingerprint density at radius 3 is 2.90 bits per heavy atom. The highest BCUT2D eigenvalue weighted by Gasteiger charge is 2.32.